The Balaban J connectivity index is 1.75. The Labute approximate surface area is 121 Å². The molecule has 0 radical (unpaired) electrons. The van der Waals surface area contributed by atoms with Gasteiger partial charge in [0.25, 0.3) is 0 Å². The lowest BCUT2D eigenvalue weighted by molar-refractivity contribution is -0.154. The standard InChI is InChI=1S/C18H24O2/c1-2-14-8-7-9-15(12-14)20-17-13-16(19)18(17)10-5-3-4-6-11-18/h7-9,12,17H,2-6,10-11,13H2,1H3. The lowest BCUT2D eigenvalue weighted by Crippen LogP contribution is -2.56. The largest absolute Gasteiger partial charge is 0.489 e. The number of carbonyl (C=O) groups excluding carboxylic acids is 1. The quantitative estimate of drug-likeness (QED) is 0.819. The summed E-state index contributed by atoms with van der Waals surface area (Å²) in [5, 5.41) is 0. The fraction of sp³-hybridized carbons (Fsp3) is 0.611. The molecular weight excluding hydrogens is 248 g/mol. The van der Waals surface area contributed by atoms with Gasteiger partial charge in [0, 0.05) is 6.42 Å². The molecule has 1 aromatic carbocycles. The van der Waals surface area contributed by atoms with E-state index in [4.69, 9.17) is 4.74 Å². The van der Waals surface area contributed by atoms with E-state index < -0.39 is 0 Å². The normalized spacial score (nSPS) is 25.1. The Hall–Kier alpha value is -1.31. The van der Waals surface area contributed by atoms with Crippen molar-refractivity contribution >= 4 is 5.78 Å². The number of aryl methyl sites for hydroxylation is 1. The minimum Gasteiger partial charge on any atom is -0.489 e. The molecule has 2 heteroatoms. The van der Waals surface area contributed by atoms with Gasteiger partial charge in [-0.15, -0.1) is 0 Å². The van der Waals surface area contributed by atoms with Gasteiger partial charge in [0.2, 0.25) is 0 Å². The highest BCUT2D eigenvalue weighted by Crippen LogP contribution is 2.49. The van der Waals surface area contributed by atoms with Crippen LogP contribution in [0.3, 0.4) is 0 Å². The molecule has 0 heterocycles. The van der Waals surface area contributed by atoms with Gasteiger partial charge in [-0.2, -0.15) is 0 Å². The summed E-state index contributed by atoms with van der Waals surface area (Å²) in [7, 11) is 0. The Morgan fingerprint density at radius 1 is 1.20 bits per heavy atom. The van der Waals surface area contributed by atoms with Crippen molar-refractivity contribution in [1.82, 2.24) is 0 Å². The zero-order chi connectivity index (χ0) is 14.0. The molecule has 0 N–H and O–H groups in total. The third-order valence-corrected chi connectivity index (χ3v) is 5.12. The number of ether oxygens (including phenoxy) is 1. The molecular formula is C18H24O2. The minimum atomic E-state index is -0.154. The van der Waals surface area contributed by atoms with E-state index in [1.165, 1.54) is 31.2 Å². The maximum Gasteiger partial charge on any atom is 0.146 e. The van der Waals surface area contributed by atoms with Crippen molar-refractivity contribution in [1.29, 1.82) is 0 Å². The highest BCUT2D eigenvalue weighted by Gasteiger charge is 2.55. The summed E-state index contributed by atoms with van der Waals surface area (Å²) in [6.07, 6.45) is 8.71. The number of Topliss-reactive ketones (excluding diaryl/α,β-unsaturated/α-hetero) is 1. The molecule has 0 saturated heterocycles. The molecule has 2 aliphatic carbocycles. The summed E-state index contributed by atoms with van der Waals surface area (Å²) < 4.78 is 6.19. The molecule has 0 bridgehead atoms. The van der Waals surface area contributed by atoms with Crippen LogP contribution in [0.15, 0.2) is 24.3 Å². The first-order valence-electron chi connectivity index (χ1n) is 8.03. The number of ketones is 1. The van der Waals surface area contributed by atoms with Crippen molar-refractivity contribution < 1.29 is 9.53 Å². The van der Waals surface area contributed by atoms with Crippen LogP contribution < -0.4 is 4.74 Å². The zero-order valence-corrected chi connectivity index (χ0v) is 12.4. The molecule has 2 saturated carbocycles. The molecule has 0 aromatic heterocycles. The summed E-state index contributed by atoms with van der Waals surface area (Å²) >= 11 is 0. The summed E-state index contributed by atoms with van der Waals surface area (Å²) in [6.45, 7) is 2.15. The molecule has 0 amide bonds. The van der Waals surface area contributed by atoms with E-state index in [-0.39, 0.29) is 11.5 Å². The van der Waals surface area contributed by atoms with Gasteiger partial charge in [-0.25, -0.2) is 0 Å². The van der Waals surface area contributed by atoms with Crippen LogP contribution in [-0.2, 0) is 11.2 Å². The molecule has 108 valence electrons. The zero-order valence-electron chi connectivity index (χ0n) is 12.4. The van der Waals surface area contributed by atoms with Crippen LogP contribution in [0.1, 0.15) is 57.4 Å². The van der Waals surface area contributed by atoms with Gasteiger partial charge < -0.3 is 4.74 Å². The maximum atomic E-state index is 12.2. The van der Waals surface area contributed by atoms with Crippen LogP contribution in [0.2, 0.25) is 0 Å². The van der Waals surface area contributed by atoms with E-state index in [2.05, 4.69) is 25.1 Å². The van der Waals surface area contributed by atoms with Gasteiger partial charge in [0.1, 0.15) is 17.6 Å². The average Bonchev–Trinajstić information content (AvgIpc) is 2.75. The van der Waals surface area contributed by atoms with Crippen molar-refractivity contribution in [2.24, 2.45) is 5.41 Å². The predicted octanol–water partition coefficient (Wildman–Crippen LogP) is 4.31. The molecule has 3 rings (SSSR count). The fourth-order valence-corrected chi connectivity index (χ4v) is 3.73. The van der Waals surface area contributed by atoms with Gasteiger partial charge in [-0.3, -0.25) is 4.79 Å². The molecule has 2 aliphatic rings. The summed E-state index contributed by atoms with van der Waals surface area (Å²) in [5.41, 5.74) is 1.14. The highest BCUT2D eigenvalue weighted by molar-refractivity contribution is 5.92. The van der Waals surface area contributed by atoms with Gasteiger partial charge in [0.05, 0.1) is 5.41 Å². The van der Waals surface area contributed by atoms with Crippen LogP contribution in [-0.4, -0.2) is 11.9 Å². The van der Waals surface area contributed by atoms with Crippen LogP contribution in [0.4, 0.5) is 0 Å². The molecule has 1 unspecified atom stereocenters. The summed E-state index contributed by atoms with van der Waals surface area (Å²) in [4.78, 5) is 12.2. The molecule has 20 heavy (non-hydrogen) atoms. The fourth-order valence-electron chi connectivity index (χ4n) is 3.73. The van der Waals surface area contributed by atoms with Gasteiger partial charge in [0.15, 0.2) is 0 Å². The molecule has 2 fully saturated rings. The minimum absolute atomic E-state index is 0.111. The number of rotatable bonds is 3. The van der Waals surface area contributed by atoms with Crippen molar-refractivity contribution in [2.45, 2.75) is 64.4 Å². The number of hydrogen-bond acceptors (Lipinski definition) is 2. The molecule has 0 aliphatic heterocycles. The van der Waals surface area contributed by atoms with Gasteiger partial charge in [-0.1, -0.05) is 44.7 Å². The topological polar surface area (TPSA) is 26.3 Å². The lowest BCUT2D eigenvalue weighted by atomic mass is 9.60. The van der Waals surface area contributed by atoms with E-state index in [0.29, 0.717) is 12.2 Å². The van der Waals surface area contributed by atoms with Crippen LogP contribution in [0.25, 0.3) is 0 Å². The Kier molecular flexibility index (Phi) is 3.82. The second-order valence-electron chi connectivity index (χ2n) is 6.31. The van der Waals surface area contributed by atoms with E-state index in [9.17, 15) is 4.79 Å². The van der Waals surface area contributed by atoms with Crippen molar-refractivity contribution in [3.8, 4) is 5.75 Å². The van der Waals surface area contributed by atoms with Crippen molar-refractivity contribution in [3.63, 3.8) is 0 Å². The van der Waals surface area contributed by atoms with E-state index in [1.54, 1.807) is 0 Å². The summed E-state index contributed by atoms with van der Waals surface area (Å²) in [6, 6.07) is 8.31. The smallest absolute Gasteiger partial charge is 0.146 e. The van der Waals surface area contributed by atoms with Gasteiger partial charge >= 0.3 is 0 Å². The summed E-state index contributed by atoms with van der Waals surface area (Å²) in [5.74, 6) is 1.38. The molecule has 2 nitrogen and oxygen atoms in total. The van der Waals surface area contributed by atoms with Crippen LogP contribution in [0, 0.1) is 5.41 Å². The Morgan fingerprint density at radius 3 is 2.60 bits per heavy atom. The predicted molar refractivity (Wildman–Crippen MR) is 80.0 cm³/mol. The molecule has 1 atom stereocenters. The van der Waals surface area contributed by atoms with E-state index in [1.807, 2.05) is 6.07 Å². The second-order valence-corrected chi connectivity index (χ2v) is 6.31. The molecule has 1 spiro atoms. The SMILES string of the molecule is CCc1cccc(OC2CC(=O)C23CCCCCC3)c1. The Morgan fingerprint density at radius 2 is 1.95 bits per heavy atom. The first-order valence-corrected chi connectivity index (χ1v) is 8.03. The third kappa shape index (κ3) is 2.36. The van der Waals surface area contributed by atoms with Crippen molar-refractivity contribution in [2.75, 3.05) is 0 Å². The third-order valence-electron chi connectivity index (χ3n) is 5.12. The van der Waals surface area contributed by atoms with Crippen LogP contribution in [0.5, 0.6) is 5.75 Å². The Bertz CT molecular complexity index is 484. The first-order chi connectivity index (χ1) is 9.74. The van der Waals surface area contributed by atoms with Crippen LogP contribution >= 0.6 is 0 Å². The van der Waals surface area contributed by atoms with Gasteiger partial charge in [-0.05, 0) is 37.0 Å². The number of hydrogen-bond donors (Lipinski definition) is 0. The molecule has 1 aromatic rings. The second kappa shape index (κ2) is 5.59. The van der Waals surface area contributed by atoms with Crippen molar-refractivity contribution in [3.05, 3.63) is 29.8 Å². The van der Waals surface area contributed by atoms with E-state index in [0.717, 1.165) is 25.0 Å². The lowest BCUT2D eigenvalue weighted by Gasteiger charge is -2.47. The highest BCUT2D eigenvalue weighted by atomic mass is 16.5. The maximum absolute atomic E-state index is 12.2. The monoisotopic (exact) mass is 272 g/mol. The average molecular weight is 272 g/mol. The number of carbonyl (C=O) groups is 1. The first kappa shape index (κ1) is 13.7. The van der Waals surface area contributed by atoms with E-state index >= 15 is 0 Å². The number of benzene rings is 1.